The Kier molecular flexibility index (Phi) is 7.38. The predicted octanol–water partition coefficient (Wildman–Crippen LogP) is 1.51. The Morgan fingerprint density at radius 2 is 2.25 bits per heavy atom. The molecular weight excluding hydrogens is 247 g/mol. The molecule has 16 heavy (non-hydrogen) atoms. The van der Waals surface area contributed by atoms with Crippen LogP contribution in [-0.2, 0) is 6.42 Å². The minimum absolute atomic E-state index is 0. The lowest BCUT2D eigenvalue weighted by Crippen LogP contribution is -2.11. The van der Waals surface area contributed by atoms with Gasteiger partial charge in [0.1, 0.15) is 12.1 Å². The minimum atomic E-state index is 0. The zero-order valence-electron chi connectivity index (χ0n) is 9.27. The van der Waals surface area contributed by atoms with Crippen molar-refractivity contribution in [3.63, 3.8) is 0 Å². The number of rotatable bonds is 3. The van der Waals surface area contributed by atoms with Crippen molar-refractivity contribution in [3.05, 3.63) is 18.1 Å². The van der Waals surface area contributed by atoms with E-state index >= 15 is 0 Å². The molecule has 6 heteroatoms. The van der Waals surface area contributed by atoms with Gasteiger partial charge in [0.25, 0.3) is 0 Å². The van der Waals surface area contributed by atoms with Crippen molar-refractivity contribution < 1.29 is 0 Å². The lowest BCUT2D eigenvalue weighted by molar-refractivity contribution is 0.571. The quantitative estimate of drug-likeness (QED) is 0.870. The van der Waals surface area contributed by atoms with E-state index in [2.05, 4.69) is 20.6 Å². The first-order valence-electron chi connectivity index (χ1n) is 5.08. The molecule has 1 atom stereocenters. The molecule has 4 nitrogen and oxygen atoms in total. The van der Waals surface area contributed by atoms with Crippen molar-refractivity contribution in [1.29, 1.82) is 0 Å². The molecule has 1 saturated heterocycles. The maximum Gasteiger partial charge on any atom is 0.129 e. The van der Waals surface area contributed by atoms with Gasteiger partial charge < -0.3 is 10.6 Å². The van der Waals surface area contributed by atoms with Crippen LogP contribution in [0.15, 0.2) is 12.4 Å². The number of nitrogens with zero attached hydrogens (tertiary/aromatic N) is 2. The second kappa shape index (κ2) is 7.65. The van der Waals surface area contributed by atoms with Gasteiger partial charge in [0, 0.05) is 18.8 Å². The summed E-state index contributed by atoms with van der Waals surface area (Å²) in [5.74, 6) is 1.65. The Balaban J connectivity index is 0.00000112. The van der Waals surface area contributed by atoms with Gasteiger partial charge in [-0.2, -0.15) is 0 Å². The van der Waals surface area contributed by atoms with E-state index in [9.17, 15) is 0 Å². The molecular formula is C10H18Cl2N4. The van der Waals surface area contributed by atoms with Gasteiger partial charge in [0.05, 0.1) is 0 Å². The highest BCUT2D eigenvalue weighted by Gasteiger charge is 2.15. The fourth-order valence-electron chi connectivity index (χ4n) is 1.83. The summed E-state index contributed by atoms with van der Waals surface area (Å²) in [5, 5.41) is 6.39. The summed E-state index contributed by atoms with van der Waals surface area (Å²) in [7, 11) is 1.88. The fraction of sp³-hybridized carbons (Fsp3) is 0.600. The molecule has 1 aromatic heterocycles. The zero-order valence-corrected chi connectivity index (χ0v) is 10.9. The monoisotopic (exact) mass is 264 g/mol. The summed E-state index contributed by atoms with van der Waals surface area (Å²) in [6.07, 6.45) is 3.95. The second-order valence-electron chi connectivity index (χ2n) is 3.71. The molecule has 1 unspecified atom stereocenters. The van der Waals surface area contributed by atoms with Crippen molar-refractivity contribution in [1.82, 2.24) is 15.3 Å². The topological polar surface area (TPSA) is 49.8 Å². The first-order valence-corrected chi connectivity index (χ1v) is 5.08. The van der Waals surface area contributed by atoms with Gasteiger partial charge in [-0.05, 0) is 31.8 Å². The van der Waals surface area contributed by atoms with Crippen LogP contribution in [0.3, 0.4) is 0 Å². The van der Waals surface area contributed by atoms with Gasteiger partial charge in [-0.25, -0.2) is 9.97 Å². The largest absolute Gasteiger partial charge is 0.373 e. The molecule has 2 rings (SSSR count). The third-order valence-electron chi connectivity index (χ3n) is 2.64. The maximum absolute atomic E-state index is 4.27. The molecule has 0 radical (unpaired) electrons. The molecule has 1 aromatic rings. The van der Waals surface area contributed by atoms with Crippen molar-refractivity contribution in [2.45, 2.75) is 12.8 Å². The Hall–Kier alpha value is -0.580. The summed E-state index contributed by atoms with van der Waals surface area (Å²) in [6.45, 7) is 2.27. The summed E-state index contributed by atoms with van der Waals surface area (Å²) < 4.78 is 0. The predicted molar refractivity (Wildman–Crippen MR) is 70.8 cm³/mol. The normalized spacial score (nSPS) is 18.4. The molecule has 2 N–H and O–H groups in total. The van der Waals surface area contributed by atoms with E-state index in [1.54, 1.807) is 6.33 Å². The molecule has 0 amide bonds. The van der Waals surface area contributed by atoms with Crippen LogP contribution in [-0.4, -0.2) is 30.1 Å². The molecule has 0 bridgehead atoms. The van der Waals surface area contributed by atoms with E-state index in [4.69, 9.17) is 0 Å². The van der Waals surface area contributed by atoms with E-state index in [-0.39, 0.29) is 24.8 Å². The molecule has 1 fully saturated rings. The number of anilines is 1. The number of aromatic nitrogens is 2. The van der Waals surface area contributed by atoms with Gasteiger partial charge in [0.15, 0.2) is 0 Å². The Morgan fingerprint density at radius 1 is 1.44 bits per heavy atom. The summed E-state index contributed by atoms with van der Waals surface area (Å²) in [6, 6.07) is 2.03. The van der Waals surface area contributed by atoms with E-state index in [0.717, 1.165) is 36.9 Å². The Morgan fingerprint density at radius 3 is 2.88 bits per heavy atom. The molecule has 0 aliphatic carbocycles. The summed E-state index contributed by atoms with van der Waals surface area (Å²) in [4.78, 5) is 8.37. The zero-order chi connectivity index (χ0) is 9.80. The molecule has 0 spiro atoms. The Labute approximate surface area is 108 Å². The first kappa shape index (κ1) is 15.4. The molecule has 0 saturated carbocycles. The highest BCUT2D eigenvalue weighted by molar-refractivity contribution is 5.85. The SMILES string of the molecule is CNc1cc(CC2CCNC2)ncn1.Cl.Cl. The van der Waals surface area contributed by atoms with Crippen LogP contribution in [0.5, 0.6) is 0 Å². The van der Waals surface area contributed by atoms with Crippen LogP contribution in [0.25, 0.3) is 0 Å². The smallest absolute Gasteiger partial charge is 0.129 e. The second-order valence-corrected chi connectivity index (χ2v) is 3.71. The average Bonchev–Trinajstić information content (AvgIpc) is 2.71. The van der Waals surface area contributed by atoms with Gasteiger partial charge in [-0.1, -0.05) is 0 Å². The lowest BCUT2D eigenvalue weighted by atomic mass is 10.0. The summed E-state index contributed by atoms with van der Waals surface area (Å²) >= 11 is 0. The van der Waals surface area contributed by atoms with Crippen LogP contribution < -0.4 is 10.6 Å². The average molecular weight is 265 g/mol. The van der Waals surface area contributed by atoms with Crippen molar-refractivity contribution in [2.24, 2.45) is 5.92 Å². The van der Waals surface area contributed by atoms with Crippen LogP contribution in [0.4, 0.5) is 5.82 Å². The molecule has 1 aliphatic heterocycles. The highest BCUT2D eigenvalue weighted by Crippen LogP contribution is 2.14. The first-order chi connectivity index (χ1) is 6.88. The third-order valence-corrected chi connectivity index (χ3v) is 2.64. The maximum atomic E-state index is 4.27. The molecule has 92 valence electrons. The minimum Gasteiger partial charge on any atom is -0.373 e. The van der Waals surface area contributed by atoms with Gasteiger partial charge >= 0.3 is 0 Å². The summed E-state index contributed by atoms with van der Waals surface area (Å²) in [5.41, 5.74) is 1.14. The van der Waals surface area contributed by atoms with Crippen molar-refractivity contribution in [3.8, 4) is 0 Å². The van der Waals surface area contributed by atoms with E-state index in [0.29, 0.717) is 0 Å². The van der Waals surface area contributed by atoms with Crippen molar-refractivity contribution in [2.75, 3.05) is 25.5 Å². The van der Waals surface area contributed by atoms with Crippen LogP contribution >= 0.6 is 24.8 Å². The fourth-order valence-corrected chi connectivity index (χ4v) is 1.83. The number of hydrogen-bond donors (Lipinski definition) is 2. The van der Waals surface area contributed by atoms with Gasteiger partial charge in [-0.15, -0.1) is 24.8 Å². The van der Waals surface area contributed by atoms with Crippen molar-refractivity contribution >= 4 is 30.6 Å². The number of halogens is 2. The molecule has 2 heterocycles. The van der Waals surface area contributed by atoms with E-state index in [1.165, 1.54) is 6.42 Å². The van der Waals surface area contributed by atoms with Gasteiger partial charge in [0.2, 0.25) is 0 Å². The number of hydrogen-bond acceptors (Lipinski definition) is 4. The lowest BCUT2D eigenvalue weighted by Gasteiger charge is -2.07. The Bertz CT molecular complexity index is 303. The highest BCUT2D eigenvalue weighted by atomic mass is 35.5. The number of nitrogens with one attached hydrogen (secondary N) is 2. The third kappa shape index (κ3) is 4.12. The molecule has 0 aromatic carbocycles. The van der Waals surface area contributed by atoms with Crippen LogP contribution in [0.2, 0.25) is 0 Å². The van der Waals surface area contributed by atoms with E-state index in [1.807, 2.05) is 13.1 Å². The van der Waals surface area contributed by atoms with Crippen LogP contribution in [0, 0.1) is 5.92 Å². The van der Waals surface area contributed by atoms with Crippen LogP contribution in [0.1, 0.15) is 12.1 Å². The van der Waals surface area contributed by atoms with E-state index < -0.39 is 0 Å². The van der Waals surface area contributed by atoms with Gasteiger partial charge in [-0.3, -0.25) is 0 Å². The standard InChI is InChI=1S/C10H16N4.2ClH/c1-11-10-5-9(13-7-14-10)4-8-2-3-12-6-8;;/h5,7-8,12H,2-4,6H2,1H3,(H,11,13,14);2*1H. The molecule has 1 aliphatic rings.